The van der Waals surface area contributed by atoms with Crippen LogP contribution >= 0.6 is 0 Å². The van der Waals surface area contributed by atoms with E-state index in [0.717, 1.165) is 6.07 Å². The van der Waals surface area contributed by atoms with Crippen LogP contribution in [0.4, 0.5) is 10.1 Å². The van der Waals surface area contributed by atoms with E-state index in [2.05, 4.69) is 4.98 Å². The van der Waals surface area contributed by atoms with Gasteiger partial charge in [-0.2, -0.15) is 0 Å². The Morgan fingerprint density at radius 3 is 2.53 bits per heavy atom. The zero-order valence-electron chi connectivity index (χ0n) is 18.7. The predicted octanol–water partition coefficient (Wildman–Crippen LogP) is 4.64. The minimum atomic E-state index is -1.02. The lowest BCUT2D eigenvalue weighted by Crippen LogP contribution is -2.29. The van der Waals surface area contributed by atoms with Crippen molar-refractivity contribution in [2.45, 2.75) is 19.9 Å². The molecule has 0 bridgehead atoms. The summed E-state index contributed by atoms with van der Waals surface area (Å²) >= 11 is 0. The van der Waals surface area contributed by atoms with Crippen molar-refractivity contribution < 1.29 is 28.6 Å². The van der Waals surface area contributed by atoms with Gasteiger partial charge in [-0.05, 0) is 55.8 Å². The smallest absolute Gasteiger partial charge is 0.300 e. The quantitative estimate of drug-likeness (QED) is 0.313. The van der Waals surface area contributed by atoms with Crippen LogP contribution in [0.5, 0.6) is 11.5 Å². The predicted molar refractivity (Wildman–Crippen MR) is 124 cm³/mol. The maximum Gasteiger partial charge on any atom is 0.300 e. The normalized spacial score (nSPS) is 17.1. The Morgan fingerprint density at radius 2 is 1.85 bits per heavy atom. The Kier molecular flexibility index (Phi) is 6.58. The summed E-state index contributed by atoms with van der Waals surface area (Å²) in [5.74, 6) is -1.91. The molecule has 1 fully saturated rings. The van der Waals surface area contributed by atoms with Crippen molar-refractivity contribution in [2.24, 2.45) is 0 Å². The summed E-state index contributed by atoms with van der Waals surface area (Å²) in [6.45, 7) is 4.38. The Morgan fingerprint density at radius 1 is 1.06 bits per heavy atom. The highest BCUT2D eigenvalue weighted by molar-refractivity contribution is 6.51. The maximum atomic E-state index is 14.0. The topological polar surface area (TPSA) is 89.0 Å². The van der Waals surface area contributed by atoms with Crippen molar-refractivity contribution in [3.63, 3.8) is 0 Å². The van der Waals surface area contributed by atoms with Gasteiger partial charge in [0.1, 0.15) is 23.1 Å². The molecule has 1 aliphatic rings. The number of amides is 1. The van der Waals surface area contributed by atoms with Crippen LogP contribution < -0.4 is 14.4 Å². The number of hydrogen-bond acceptors (Lipinski definition) is 6. The summed E-state index contributed by atoms with van der Waals surface area (Å²) in [5.41, 5.74) is 0.756. The highest BCUT2D eigenvalue weighted by atomic mass is 19.1. The summed E-state index contributed by atoms with van der Waals surface area (Å²) < 4.78 is 25.2. The number of nitrogens with zero attached hydrogens (tertiary/aromatic N) is 2. The number of aliphatic hydroxyl groups excluding tert-OH is 1. The summed E-state index contributed by atoms with van der Waals surface area (Å²) in [7, 11) is 0. The van der Waals surface area contributed by atoms with Gasteiger partial charge in [-0.3, -0.25) is 19.5 Å². The Labute approximate surface area is 196 Å². The van der Waals surface area contributed by atoms with Crippen molar-refractivity contribution in [1.29, 1.82) is 0 Å². The van der Waals surface area contributed by atoms with E-state index in [4.69, 9.17) is 9.47 Å². The molecule has 34 heavy (non-hydrogen) atoms. The molecule has 2 aromatic carbocycles. The second-order valence-corrected chi connectivity index (χ2v) is 7.46. The number of Topliss-reactive ketones (excluding diaryl/α,β-unsaturated/α-hetero) is 1. The number of rotatable bonds is 7. The van der Waals surface area contributed by atoms with Crippen molar-refractivity contribution in [1.82, 2.24) is 4.98 Å². The minimum absolute atomic E-state index is 0.146. The standard InChI is InChI=1S/C26H23FN2O5/c1-3-33-19-10-11-20(21(14-19)34-4-2)24(30)22-23(16-7-6-12-28-15-16)29(26(32)25(22)31)18-9-5-8-17(27)13-18/h5-15,23,30H,3-4H2,1-2H3/b24-22-. The number of carbonyl (C=O) groups is 2. The summed E-state index contributed by atoms with van der Waals surface area (Å²) in [5, 5.41) is 11.4. The average molecular weight is 462 g/mol. The molecule has 7 nitrogen and oxygen atoms in total. The zero-order valence-corrected chi connectivity index (χ0v) is 18.7. The molecule has 1 N–H and O–H groups in total. The highest BCUT2D eigenvalue weighted by Gasteiger charge is 2.47. The number of aromatic nitrogens is 1. The first-order valence-corrected chi connectivity index (χ1v) is 10.8. The van der Waals surface area contributed by atoms with Gasteiger partial charge in [0.25, 0.3) is 11.7 Å². The van der Waals surface area contributed by atoms with Crippen molar-refractivity contribution in [3.05, 3.63) is 89.5 Å². The average Bonchev–Trinajstić information content (AvgIpc) is 3.10. The SMILES string of the molecule is CCOc1ccc(/C(O)=C2/C(=O)C(=O)N(c3cccc(F)c3)C2c2cccnc2)c(OCC)c1. The van der Waals surface area contributed by atoms with E-state index < -0.39 is 29.3 Å². The van der Waals surface area contributed by atoms with Gasteiger partial charge in [0.05, 0.1) is 30.4 Å². The molecule has 0 aliphatic carbocycles. The van der Waals surface area contributed by atoms with Crippen LogP contribution in [0.15, 0.2) is 72.6 Å². The van der Waals surface area contributed by atoms with Crippen molar-refractivity contribution in [2.75, 3.05) is 18.1 Å². The van der Waals surface area contributed by atoms with Crippen LogP contribution in [-0.2, 0) is 9.59 Å². The Hall–Kier alpha value is -4.20. The third kappa shape index (κ3) is 4.22. The van der Waals surface area contributed by atoms with Crippen LogP contribution in [-0.4, -0.2) is 35.0 Å². The third-order valence-electron chi connectivity index (χ3n) is 5.35. The van der Waals surface area contributed by atoms with Crippen LogP contribution in [0.3, 0.4) is 0 Å². The second kappa shape index (κ2) is 9.74. The number of halogens is 1. The van der Waals surface area contributed by atoms with Crippen LogP contribution in [0.2, 0.25) is 0 Å². The van der Waals surface area contributed by atoms with Gasteiger partial charge in [-0.15, -0.1) is 0 Å². The maximum absolute atomic E-state index is 14.0. The first-order chi connectivity index (χ1) is 16.5. The summed E-state index contributed by atoms with van der Waals surface area (Å²) in [6.07, 6.45) is 3.05. The van der Waals surface area contributed by atoms with Crippen molar-refractivity contribution >= 4 is 23.1 Å². The molecule has 3 aromatic rings. The van der Waals surface area contributed by atoms with Gasteiger partial charge in [0.15, 0.2) is 0 Å². The molecule has 0 saturated carbocycles. The molecule has 174 valence electrons. The molecule has 1 saturated heterocycles. The molecule has 4 rings (SSSR count). The minimum Gasteiger partial charge on any atom is -0.507 e. The second-order valence-electron chi connectivity index (χ2n) is 7.46. The van der Waals surface area contributed by atoms with Gasteiger partial charge >= 0.3 is 0 Å². The van der Waals surface area contributed by atoms with Gasteiger partial charge < -0.3 is 14.6 Å². The summed E-state index contributed by atoms with van der Waals surface area (Å²) in [6, 6.07) is 12.5. The van der Waals surface area contributed by atoms with Crippen LogP contribution in [0.1, 0.15) is 31.0 Å². The zero-order chi connectivity index (χ0) is 24.2. The molecule has 1 aromatic heterocycles. The van der Waals surface area contributed by atoms with Gasteiger partial charge in [0, 0.05) is 24.1 Å². The van der Waals surface area contributed by atoms with Gasteiger partial charge in [-0.25, -0.2) is 4.39 Å². The monoisotopic (exact) mass is 462 g/mol. The van der Waals surface area contributed by atoms with Crippen LogP contribution in [0, 0.1) is 5.82 Å². The van der Waals surface area contributed by atoms with E-state index in [-0.39, 0.29) is 16.8 Å². The number of benzene rings is 2. The van der Waals surface area contributed by atoms with E-state index in [1.54, 1.807) is 43.5 Å². The Bertz CT molecular complexity index is 1260. The van der Waals surface area contributed by atoms with E-state index in [9.17, 15) is 19.1 Å². The molecule has 1 amide bonds. The lowest BCUT2D eigenvalue weighted by molar-refractivity contribution is -0.132. The fourth-order valence-electron chi connectivity index (χ4n) is 3.95. The number of hydrogen-bond donors (Lipinski definition) is 1. The molecular weight excluding hydrogens is 439 g/mol. The lowest BCUT2D eigenvalue weighted by Gasteiger charge is -2.25. The molecule has 2 heterocycles. The number of pyridine rings is 1. The first kappa shape index (κ1) is 23.0. The molecule has 1 atom stereocenters. The number of ether oxygens (including phenoxy) is 2. The number of carbonyl (C=O) groups excluding carboxylic acids is 2. The molecule has 0 radical (unpaired) electrons. The fourth-order valence-corrected chi connectivity index (χ4v) is 3.95. The first-order valence-electron chi connectivity index (χ1n) is 10.8. The fraction of sp³-hybridized carbons (Fsp3) is 0.192. The highest BCUT2D eigenvalue weighted by Crippen LogP contribution is 2.43. The van der Waals surface area contributed by atoms with E-state index in [0.29, 0.717) is 30.3 Å². The molecule has 0 spiro atoms. The molecule has 1 unspecified atom stereocenters. The van der Waals surface area contributed by atoms with Gasteiger partial charge in [0.2, 0.25) is 0 Å². The Balaban J connectivity index is 1.93. The molecule has 1 aliphatic heterocycles. The van der Waals surface area contributed by atoms with Crippen LogP contribution in [0.25, 0.3) is 5.76 Å². The number of anilines is 1. The van der Waals surface area contributed by atoms with Gasteiger partial charge in [-0.1, -0.05) is 12.1 Å². The summed E-state index contributed by atoms with van der Waals surface area (Å²) in [4.78, 5) is 31.6. The van der Waals surface area contributed by atoms with E-state index >= 15 is 0 Å². The number of ketones is 1. The molecular formula is C26H23FN2O5. The van der Waals surface area contributed by atoms with E-state index in [1.165, 1.54) is 29.3 Å². The van der Waals surface area contributed by atoms with E-state index in [1.807, 2.05) is 6.92 Å². The lowest BCUT2D eigenvalue weighted by atomic mass is 9.95. The number of aliphatic hydroxyl groups is 1. The third-order valence-corrected chi connectivity index (χ3v) is 5.35. The van der Waals surface area contributed by atoms with Crippen molar-refractivity contribution in [3.8, 4) is 11.5 Å². The largest absolute Gasteiger partial charge is 0.507 e. The molecule has 8 heteroatoms.